The molecular formula is C32H30FN7O2. The van der Waals surface area contributed by atoms with Crippen LogP contribution in [-0.4, -0.2) is 52.6 Å². The van der Waals surface area contributed by atoms with Crippen LogP contribution in [0.25, 0.3) is 28.2 Å². The predicted molar refractivity (Wildman–Crippen MR) is 160 cm³/mol. The minimum absolute atomic E-state index is 0.145. The molecule has 10 heteroatoms. The van der Waals surface area contributed by atoms with E-state index < -0.39 is 11.7 Å². The first kappa shape index (κ1) is 26.0. The van der Waals surface area contributed by atoms with Crippen molar-refractivity contribution in [1.29, 1.82) is 0 Å². The summed E-state index contributed by atoms with van der Waals surface area (Å²) in [5, 5.41) is 6.41. The molecule has 2 aromatic heterocycles. The van der Waals surface area contributed by atoms with Gasteiger partial charge in [-0.2, -0.15) is 0 Å². The van der Waals surface area contributed by atoms with Gasteiger partial charge < -0.3 is 26.0 Å². The van der Waals surface area contributed by atoms with E-state index in [4.69, 9.17) is 15.5 Å². The lowest BCUT2D eigenvalue weighted by Gasteiger charge is -2.49. The number of imidazole rings is 1. The molecule has 2 bridgehead atoms. The Hall–Kier alpha value is -4.96. The molecule has 3 aromatic carbocycles. The largest absolute Gasteiger partial charge is 0.496 e. The molecule has 5 aromatic rings. The summed E-state index contributed by atoms with van der Waals surface area (Å²) in [6.07, 6.45) is 4.82. The predicted octanol–water partition coefficient (Wildman–Crippen LogP) is 4.27. The topological polar surface area (TPSA) is 110 Å². The first-order chi connectivity index (χ1) is 20.5. The molecule has 3 fully saturated rings. The molecular weight excluding hydrogens is 533 g/mol. The number of nitrogens with two attached hydrogens (primary N) is 1. The van der Waals surface area contributed by atoms with Crippen LogP contribution < -0.4 is 26.0 Å². The third kappa shape index (κ3) is 4.69. The normalized spacial score (nSPS) is 17.6. The highest BCUT2D eigenvalue weighted by Crippen LogP contribution is 2.34. The summed E-state index contributed by atoms with van der Waals surface area (Å²) < 4.78 is 20.9. The molecule has 9 nitrogen and oxygen atoms in total. The fourth-order valence-corrected chi connectivity index (χ4v) is 5.93. The molecule has 3 saturated heterocycles. The minimum atomic E-state index is -0.502. The summed E-state index contributed by atoms with van der Waals surface area (Å²) in [5.41, 5.74) is 11.9. The third-order valence-electron chi connectivity index (χ3n) is 8.08. The van der Waals surface area contributed by atoms with E-state index in [1.54, 1.807) is 6.20 Å². The average Bonchev–Trinajstić information content (AvgIpc) is 3.41. The monoisotopic (exact) mass is 563 g/mol. The number of methoxy groups -OCH3 is 1. The Morgan fingerprint density at radius 1 is 1.07 bits per heavy atom. The Morgan fingerprint density at radius 2 is 1.79 bits per heavy atom. The van der Waals surface area contributed by atoms with E-state index >= 15 is 0 Å². The van der Waals surface area contributed by atoms with Crippen LogP contribution >= 0.6 is 0 Å². The lowest BCUT2D eigenvalue weighted by molar-refractivity contribution is 0.0947. The van der Waals surface area contributed by atoms with Crippen molar-refractivity contribution in [3.8, 4) is 28.4 Å². The number of carbonyl (C=O) groups excluding carboxylic acids is 1. The number of ether oxygens (including phenoxy) is 1. The van der Waals surface area contributed by atoms with Crippen LogP contribution in [0.15, 0.2) is 79.1 Å². The lowest BCUT2D eigenvalue weighted by Crippen LogP contribution is -2.67. The summed E-state index contributed by atoms with van der Waals surface area (Å²) in [6, 6.07) is 21.3. The number of anilines is 2. The average molecular weight is 564 g/mol. The van der Waals surface area contributed by atoms with Gasteiger partial charge in [-0.25, -0.2) is 14.4 Å². The number of nitrogen functional groups attached to an aromatic ring is 1. The molecule has 3 aliphatic rings. The van der Waals surface area contributed by atoms with Crippen molar-refractivity contribution < 1.29 is 13.9 Å². The van der Waals surface area contributed by atoms with Crippen LogP contribution in [0.4, 0.5) is 15.9 Å². The summed E-state index contributed by atoms with van der Waals surface area (Å²) in [5.74, 6) is 0.566. The van der Waals surface area contributed by atoms with Crippen molar-refractivity contribution >= 4 is 22.9 Å². The smallest absolute Gasteiger partial charge is 0.255 e. The van der Waals surface area contributed by atoms with Crippen LogP contribution in [-0.2, 0) is 6.54 Å². The number of carbonyl (C=O) groups is 1. The van der Waals surface area contributed by atoms with Gasteiger partial charge in [0.25, 0.3) is 5.91 Å². The molecule has 1 amide bonds. The molecule has 42 heavy (non-hydrogen) atoms. The van der Waals surface area contributed by atoms with E-state index in [0.717, 1.165) is 52.9 Å². The van der Waals surface area contributed by atoms with Crippen LogP contribution in [0.5, 0.6) is 5.75 Å². The Balaban J connectivity index is 1.13. The number of nitrogens with zero attached hydrogens (tertiary/aromatic N) is 4. The molecule has 0 saturated carbocycles. The third-order valence-corrected chi connectivity index (χ3v) is 8.08. The number of hydrogen-bond acceptors (Lipinski definition) is 7. The fourth-order valence-electron chi connectivity index (χ4n) is 5.93. The second-order valence-electron chi connectivity index (χ2n) is 10.8. The minimum Gasteiger partial charge on any atom is -0.496 e. The Kier molecular flexibility index (Phi) is 6.47. The number of aromatic nitrogens is 3. The fraction of sp³-hybridized carbons (Fsp3) is 0.219. The zero-order chi connectivity index (χ0) is 28.8. The van der Waals surface area contributed by atoms with Crippen molar-refractivity contribution in [2.75, 3.05) is 30.8 Å². The van der Waals surface area contributed by atoms with Crippen molar-refractivity contribution in [3.63, 3.8) is 0 Å². The molecule has 2 unspecified atom stereocenters. The van der Waals surface area contributed by atoms with Gasteiger partial charge in [0.15, 0.2) is 0 Å². The van der Waals surface area contributed by atoms with Gasteiger partial charge in [-0.05, 0) is 54.4 Å². The highest BCUT2D eigenvalue weighted by atomic mass is 19.1. The van der Waals surface area contributed by atoms with E-state index in [1.807, 2.05) is 34.9 Å². The summed E-state index contributed by atoms with van der Waals surface area (Å²) >= 11 is 0. The summed E-state index contributed by atoms with van der Waals surface area (Å²) in [6.45, 7) is 2.33. The SMILES string of the molecule is COc1ccc(F)cc1C(=O)NCc1ccc(-c2nc(-c3ccc(N4CC5CC(C4)N5)cc3)n3ccnc(N)c23)cc1. The van der Waals surface area contributed by atoms with Crippen molar-refractivity contribution in [1.82, 2.24) is 25.0 Å². The highest BCUT2D eigenvalue weighted by molar-refractivity contribution is 5.97. The van der Waals surface area contributed by atoms with Gasteiger partial charge in [0.1, 0.15) is 34.4 Å². The maximum Gasteiger partial charge on any atom is 0.255 e. The number of fused-ring (bicyclic) bond motifs is 3. The van der Waals surface area contributed by atoms with Gasteiger partial charge in [0.05, 0.1) is 12.7 Å². The van der Waals surface area contributed by atoms with E-state index in [2.05, 4.69) is 44.8 Å². The number of benzene rings is 3. The Morgan fingerprint density at radius 3 is 2.50 bits per heavy atom. The zero-order valence-electron chi connectivity index (χ0n) is 23.0. The molecule has 0 radical (unpaired) electrons. The molecule has 4 N–H and O–H groups in total. The molecule has 8 rings (SSSR count). The first-order valence-corrected chi connectivity index (χ1v) is 13.9. The molecule has 2 atom stereocenters. The zero-order valence-corrected chi connectivity index (χ0v) is 23.0. The molecule has 0 aliphatic carbocycles. The number of nitrogens with one attached hydrogen (secondary N) is 2. The number of amides is 1. The second-order valence-corrected chi connectivity index (χ2v) is 10.8. The van der Waals surface area contributed by atoms with Gasteiger partial charge in [0.2, 0.25) is 0 Å². The maximum atomic E-state index is 13.7. The van der Waals surface area contributed by atoms with Gasteiger partial charge in [0, 0.05) is 60.9 Å². The molecule has 0 spiro atoms. The lowest BCUT2D eigenvalue weighted by atomic mass is 9.91. The maximum absolute atomic E-state index is 13.7. The summed E-state index contributed by atoms with van der Waals surface area (Å²) in [4.78, 5) is 24.5. The molecule has 3 aliphatic heterocycles. The van der Waals surface area contributed by atoms with Crippen molar-refractivity contribution in [2.45, 2.75) is 25.0 Å². The van der Waals surface area contributed by atoms with Gasteiger partial charge >= 0.3 is 0 Å². The number of rotatable bonds is 7. The van der Waals surface area contributed by atoms with Gasteiger partial charge in [-0.3, -0.25) is 9.20 Å². The van der Waals surface area contributed by atoms with Gasteiger partial charge in [-0.15, -0.1) is 0 Å². The van der Waals surface area contributed by atoms with Crippen LogP contribution in [0, 0.1) is 5.82 Å². The second kappa shape index (κ2) is 10.5. The first-order valence-electron chi connectivity index (χ1n) is 13.9. The van der Waals surface area contributed by atoms with Gasteiger partial charge in [-0.1, -0.05) is 24.3 Å². The van der Waals surface area contributed by atoms with Crippen LogP contribution in [0.1, 0.15) is 22.3 Å². The number of piperidine rings is 1. The standard InChI is InChI=1S/C32H30FN7O2/c1-42-27-11-8-22(33)14-26(27)32(41)36-16-19-2-4-20(5-3-19)28-29-30(34)35-12-13-40(29)31(38-28)21-6-9-25(10-7-21)39-17-23-15-24(18-39)37-23/h2-14,23-24,37H,15-18H2,1H3,(H2,34,35)(H,36,41). The van der Waals surface area contributed by atoms with Crippen molar-refractivity contribution in [3.05, 3.63) is 96.1 Å². The number of piperazine rings is 1. The number of hydrogen-bond donors (Lipinski definition) is 3. The van der Waals surface area contributed by atoms with Crippen LogP contribution in [0.2, 0.25) is 0 Å². The van der Waals surface area contributed by atoms with E-state index in [1.165, 1.54) is 31.4 Å². The summed E-state index contributed by atoms with van der Waals surface area (Å²) in [7, 11) is 1.44. The van der Waals surface area contributed by atoms with E-state index in [9.17, 15) is 9.18 Å². The quantitative estimate of drug-likeness (QED) is 0.271. The Labute approximate surface area is 242 Å². The molecule has 212 valence electrons. The highest BCUT2D eigenvalue weighted by Gasteiger charge is 2.36. The van der Waals surface area contributed by atoms with Crippen LogP contribution in [0.3, 0.4) is 0 Å². The Bertz CT molecular complexity index is 1770. The van der Waals surface area contributed by atoms with Crippen molar-refractivity contribution in [2.24, 2.45) is 0 Å². The van der Waals surface area contributed by atoms with E-state index in [-0.39, 0.29) is 12.1 Å². The number of halogens is 1. The molecule has 5 heterocycles. The van der Waals surface area contributed by atoms with E-state index in [0.29, 0.717) is 23.7 Å².